The molecule has 0 amide bonds. The number of unbranched alkanes of at least 4 members (excludes halogenated alkanes) is 4. The Morgan fingerprint density at radius 2 is 2.05 bits per heavy atom. The summed E-state index contributed by atoms with van der Waals surface area (Å²) in [7, 11) is 1.50. The second kappa shape index (κ2) is 10.6. The summed E-state index contributed by atoms with van der Waals surface area (Å²) in [5.74, 6) is 0.491. The smallest absolute Gasteiger partial charge is 0.160 e. The molecule has 1 aromatic carbocycles. The number of methoxy groups -OCH3 is 1. The van der Waals surface area contributed by atoms with Gasteiger partial charge < -0.3 is 14.4 Å². The number of phenols is 1. The molecule has 2 N–H and O–H groups in total. The number of nitrogens with one attached hydrogen (secondary N) is 1. The minimum absolute atomic E-state index is 0.0859. The van der Waals surface area contributed by atoms with E-state index < -0.39 is 11.3 Å². The highest BCUT2D eigenvalue weighted by molar-refractivity contribution is 7.77. The molecular formula is C16H26NO4S-. The Kier molecular flexibility index (Phi) is 9.11. The Balaban J connectivity index is 2.58. The fourth-order valence-corrected chi connectivity index (χ4v) is 2.94. The van der Waals surface area contributed by atoms with Gasteiger partial charge in [0, 0.05) is 17.3 Å². The van der Waals surface area contributed by atoms with Gasteiger partial charge in [0.1, 0.15) is 0 Å². The Bertz CT molecular complexity index is 467. The second-order valence-electron chi connectivity index (χ2n) is 5.46. The zero-order chi connectivity index (χ0) is 16.4. The van der Waals surface area contributed by atoms with E-state index in [0.717, 1.165) is 24.8 Å². The molecular weight excluding hydrogens is 302 g/mol. The maximum Gasteiger partial charge on any atom is 0.160 e. The molecule has 0 aliphatic heterocycles. The van der Waals surface area contributed by atoms with E-state index >= 15 is 0 Å². The lowest BCUT2D eigenvalue weighted by atomic mass is 10.00. The van der Waals surface area contributed by atoms with E-state index in [-0.39, 0.29) is 11.8 Å². The van der Waals surface area contributed by atoms with Crippen LogP contribution in [0.4, 0.5) is 0 Å². The van der Waals surface area contributed by atoms with Crippen molar-refractivity contribution in [2.75, 3.05) is 7.11 Å². The van der Waals surface area contributed by atoms with Gasteiger partial charge in [-0.1, -0.05) is 45.1 Å². The van der Waals surface area contributed by atoms with E-state index in [1.54, 1.807) is 18.2 Å². The Labute approximate surface area is 135 Å². The Morgan fingerprint density at radius 1 is 1.32 bits per heavy atom. The van der Waals surface area contributed by atoms with Gasteiger partial charge in [0.25, 0.3) is 0 Å². The molecule has 0 saturated carbocycles. The second-order valence-corrected chi connectivity index (χ2v) is 6.17. The number of aromatic hydroxyl groups is 1. The SMILES string of the molecule is CCCCCCCC(Cc1ccc(O)c(OC)c1)NS(=O)[O-]. The van der Waals surface area contributed by atoms with Gasteiger partial charge in [-0.25, -0.2) is 4.72 Å². The van der Waals surface area contributed by atoms with Crippen molar-refractivity contribution in [2.24, 2.45) is 0 Å². The third kappa shape index (κ3) is 7.24. The van der Waals surface area contributed by atoms with Crippen molar-refractivity contribution in [3.8, 4) is 11.5 Å². The highest BCUT2D eigenvalue weighted by Gasteiger charge is 2.11. The number of hydrogen-bond donors (Lipinski definition) is 2. The molecule has 0 aliphatic carbocycles. The van der Waals surface area contributed by atoms with Gasteiger partial charge >= 0.3 is 0 Å². The summed E-state index contributed by atoms with van der Waals surface area (Å²) in [5, 5.41) is 9.60. The zero-order valence-corrected chi connectivity index (χ0v) is 14.2. The number of phenolic OH excluding ortho intramolecular Hbond substituents is 1. The highest BCUT2D eigenvalue weighted by atomic mass is 32.2. The summed E-state index contributed by atoms with van der Waals surface area (Å²) >= 11 is -2.27. The van der Waals surface area contributed by atoms with Gasteiger partial charge in [-0.3, -0.25) is 4.21 Å². The van der Waals surface area contributed by atoms with E-state index in [4.69, 9.17) is 4.74 Å². The molecule has 0 heterocycles. The lowest BCUT2D eigenvalue weighted by molar-refractivity contribution is 0.372. The van der Waals surface area contributed by atoms with Gasteiger partial charge in [0.15, 0.2) is 11.5 Å². The molecule has 0 aromatic heterocycles. The van der Waals surface area contributed by atoms with Crippen LogP contribution in [0.2, 0.25) is 0 Å². The van der Waals surface area contributed by atoms with Gasteiger partial charge in [0.05, 0.1) is 7.11 Å². The molecule has 2 unspecified atom stereocenters. The quantitative estimate of drug-likeness (QED) is 0.483. The predicted octanol–water partition coefficient (Wildman–Crippen LogP) is 3.06. The summed E-state index contributed by atoms with van der Waals surface area (Å²) in [6.45, 7) is 2.17. The first-order valence-corrected chi connectivity index (χ1v) is 8.85. The summed E-state index contributed by atoms with van der Waals surface area (Å²) < 4.78 is 29.5. The Hall–Kier alpha value is -1.11. The largest absolute Gasteiger partial charge is 0.760 e. The standard InChI is InChI=1S/C16H27NO4S/c1-3-4-5-6-7-8-14(17-22(19)20)11-13-9-10-15(18)16(12-13)21-2/h9-10,12,14,17-18H,3-8,11H2,1-2H3,(H,19,20)/p-1. The Morgan fingerprint density at radius 3 is 2.68 bits per heavy atom. The molecule has 0 bridgehead atoms. The number of rotatable bonds is 11. The van der Waals surface area contributed by atoms with Crippen LogP contribution >= 0.6 is 0 Å². The lowest BCUT2D eigenvalue weighted by Gasteiger charge is -2.20. The molecule has 0 aliphatic rings. The first-order chi connectivity index (χ1) is 10.6. The van der Waals surface area contributed by atoms with Crippen LogP contribution in [0, 0.1) is 0 Å². The average molecular weight is 328 g/mol. The van der Waals surface area contributed by atoms with Crippen molar-refractivity contribution in [3.05, 3.63) is 23.8 Å². The zero-order valence-electron chi connectivity index (χ0n) is 13.3. The third-order valence-corrected chi connectivity index (χ3v) is 4.17. The third-order valence-electron chi connectivity index (χ3n) is 3.65. The van der Waals surface area contributed by atoms with Crippen LogP contribution in [0.1, 0.15) is 51.0 Å². The van der Waals surface area contributed by atoms with Gasteiger partial charge in [-0.2, -0.15) is 0 Å². The fraction of sp³-hybridized carbons (Fsp3) is 0.625. The number of benzene rings is 1. The molecule has 126 valence electrons. The molecule has 0 saturated heterocycles. The van der Waals surface area contributed by atoms with Crippen molar-refractivity contribution in [2.45, 2.75) is 57.9 Å². The number of ether oxygens (including phenoxy) is 1. The topological polar surface area (TPSA) is 81.6 Å². The molecule has 2 atom stereocenters. The van der Waals surface area contributed by atoms with Gasteiger partial charge in [-0.15, -0.1) is 0 Å². The fourth-order valence-electron chi connectivity index (χ4n) is 2.47. The van der Waals surface area contributed by atoms with Gasteiger partial charge in [-0.05, 0) is 30.5 Å². The van der Waals surface area contributed by atoms with Crippen LogP contribution in [0.25, 0.3) is 0 Å². The molecule has 1 aromatic rings. The lowest BCUT2D eigenvalue weighted by Crippen LogP contribution is -2.32. The molecule has 0 radical (unpaired) electrons. The molecule has 0 fully saturated rings. The van der Waals surface area contributed by atoms with E-state index in [1.165, 1.54) is 26.4 Å². The summed E-state index contributed by atoms with van der Waals surface area (Å²) in [6, 6.07) is 4.97. The molecule has 5 nitrogen and oxygen atoms in total. The van der Waals surface area contributed by atoms with Crippen molar-refractivity contribution < 1.29 is 18.6 Å². The minimum Gasteiger partial charge on any atom is -0.760 e. The molecule has 0 spiro atoms. The van der Waals surface area contributed by atoms with Crippen molar-refractivity contribution >= 4 is 11.3 Å². The van der Waals surface area contributed by atoms with Crippen LogP contribution in [0.3, 0.4) is 0 Å². The molecule has 1 rings (SSSR count). The number of hydrogen-bond acceptors (Lipinski definition) is 4. The van der Waals surface area contributed by atoms with Crippen molar-refractivity contribution in [1.82, 2.24) is 4.72 Å². The average Bonchev–Trinajstić information content (AvgIpc) is 2.48. The van der Waals surface area contributed by atoms with Crippen LogP contribution in [-0.4, -0.2) is 27.0 Å². The predicted molar refractivity (Wildman–Crippen MR) is 87.6 cm³/mol. The normalized spacial score (nSPS) is 13.8. The van der Waals surface area contributed by atoms with Gasteiger partial charge in [0.2, 0.25) is 0 Å². The molecule has 22 heavy (non-hydrogen) atoms. The van der Waals surface area contributed by atoms with Crippen molar-refractivity contribution in [3.63, 3.8) is 0 Å². The van der Waals surface area contributed by atoms with Crippen LogP contribution < -0.4 is 9.46 Å². The van der Waals surface area contributed by atoms with E-state index in [0.29, 0.717) is 12.2 Å². The highest BCUT2D eigenvalue weighted by Crippen LogP contribution is 2.27. The summed E-state index contributed by atoms with van der Waals surface area (Å²) in [6.07, 6.45) is 7.12. The monoisotopic (exact) mass is 328 g/mol. The van der Waals surface area contributed by atoms with Crippen molar-refractivity contribution in [1.29, 1.82) is 0 Å². The van der Waals surface area contributed by atoms with E-state index in [1.807, 2.05) is 0 Å². The maximum atomic E-state index is 10.9. The summed E-state index contributed by atoms with van der Waals surface area (Å²) in [5.41, 5.74) is 0.936. The van der Waals surface area contributed by atoms with Crippen LogP contribution in [0.15, 0.2) is 18.2 Å². The minimum atomic E-state index is -2.27. The first kappa shape index (κ1) is 18.9. The van der Waals surface area contributed by atoms with Crippen LogP contribution in [-0.2, 0) is 17.7 Å². The van der Waals surface area contributed by atoms with E-state index in [2.05, 4.69) is 11.6 Å². The first-order valence-electron chi connectivity index (χ1n) is 7.78. The van der Waals surface area contributed by atoms with E-state index in [9.17, 15) is 13.9 Å². The van der Waals surface area contributed by atoms with Crippen LogP contribution in [0.5, 0.6) is 11.5 Å². The summed E-state index contributed by atoms with van der Waals surface area (Å²) in [4.78, 5) is 0. The molecule has 6 heteroatoms. The maximum absolute atomic E-state index is 10.9.